The lowest BCUT2D eigenvalue weighted by Crippen LogP contribution is -2.00. The van der Waals surface area contributed by atoms with Crippen LogP contribution in [0.2, 0.25) is 0 Å². The molecule has 3 heterocycles. The predicted molar refractivity (Wildman–Crippen MR) is 90.1 cm³/mol. The van der Waals surface area contributed by atoms with E-state index in [4.69, 9.17) is 0 Å². The molecule has 24 heavy (non-hydrogen) atoms. The molecule has 1 aromatic carbocycles. The van der Waals surface area contributed by atoms with E-state index in [1.165, 1.54) is 5.41 Å². The molecule has 7 heteroatoms. The number of nitrogens with zero attached hydrogens (tertiary/aromatic N) is 1. The van der Waals surface area contributed by atoms with Gasteiger partial charge in [-0.05, 0) is 54.2 Å². The first kappa shape index (κ1) is 15.5. The zero-order chi connectivity index (χ0) is 17.1. The highest BCUT2D eigenvalue weighted by Crippen LogP contribution is 2.32. The maximum atomic E-state index is 11.9. The van der Waals surface area contributed by atoms with Gasteiger partial charge in [0.15, 0.2) is 14.9 Å². The number of fused-ring (bicyclic) bond motifs is 2. The predicted octanol–water partition coefficient (Wildman–Crippen LogP) is 2.15. The molecule has 0 N–H and O–H groups in total. The average molecular weight is 361 g/mol. The molecule has 0 aliphatic carbocycles. The van der Waals surface area contributed by atoms with Crippen molar-refractivity contribution < 1.29 is 16.8 Å². The van der Waals surface area contributed by atoms with Gasteiger partial charge >= 0.3 is 0 Å². The molecule has 1 aromatic heterocycles. The normalized spacial score (nSPS) is 19.6. The van der Waals surface area contributed by atoms with Gasteiger partial charge in [-0.2, -0.15) is 0 Å². The largest absolute Gasteiger partial charge is 0.244 e. The molecule has 0 unspecified atom stereocenters. The first-order valence-corrected chi connectivity index (χ1v) is 10.7. The van der Waals surface area contributed by atoms with Crippen LogP contribution in [0.25, 0.3) is 5.57 Å². The molecular weight excluding hydrogens is 346 g/mol. The minimum absolute atomic E-state index is 0.115. The van der Waals surface area contributed by atoms with Crippen LogP contribution in [-0.4, -0.2) is 27.6 Å². The van der Waals surface area contributed by atoms with Crippen LogP contribution < -0.4 is 0 Å². The van der Waals surface area contributed by atoms with Crippen molar-refractivity contribution in [3.8, 4) is 0 Å². The van der Waals surface area contributed by atoms with E-state index in [0.717, 1.165) is 16.7 Å². The summed E-state index contributed by atoms with van der Waals surface area (Å²) in [6.45, 7) is 1.76. The second-order valence-corrected chi connectivity index (χ2v) is 10.0. The van der Waals surface area contributed by atoms with Crippen molar-refractivity contribution in [3.63, 3.8) is 0 Å². The van der Waals surface area contributed by atoms with Crippen molar-refractivity contribution in [2.45, 2.75) is 29.7 Å². The Labute approximate surface area is 140 Å². The molecule has 0 fully saturated rings. The van der Waals surface area contributed by atoms with E-state index < -0.39 is 19.7 Å². The Morgan fingerprint density at radius 2 is 1.88 bits per heavy atom. The van der Waals surface area contributed by atoms with Crippen molar-refractivity contribution >= 4 is 25.2 Å². The molecule has 0 radical (unpaired) electrons. The van der Waals surface area contributed by atoms with E-state index in [1.807, 2.05) is 18.2 Å². The molecule has 4 rings (SSSR count). The number of sulfone groups is 2. The standard InChI is InChI=1S/C17H15NO4S2/c1-11-10-24(21,22)17-15(11)8-13(9-18-17)6-12-2-3-16-14(7-12)4-5-23(16,19)20/h2-3,7-10H,4-6H2,1H3. The van der Waals surface area contributed by atoms with E-state index in [-0.39, 0.29) is 10.8 Å². The molecule has 0 bridgehead atoms. The fourth-order valence-electron chi connectivity index (χ4n) is 3.28. The zero-order valence-corrected chi connectivity index (χ0v) is 14.6. The Morgan fingerprint density at radius 1 is 1.08 bits per heavy atom. The summed E-state index contributed by atoms with van der Waals surface area (Å²) in [5.41, 5.74) is 4.10. The molecule has 124 valence electrons. The van der Waals surface area contributed by atoms with Gasteiger partial charge in [0, 0.05) is 17.2 Å². The lowest BCUT2D eigenvalue weighted by Gasteiger charge is -2.07. The van der Waals surface area contributed by atoms with Crippen molar-refractivity contribution in [2.75, 3.05) is 5.75 Å². The van der Waals surface area contributed by atoms with Crippen LogP contribution in [0.15, 0.2) is 45.8 Å². The Balaban J connectivity index is 1.69. The second kappa shape index (κ2) is 5.00. The van der Waals surface area contributed by atoms with Crippen LogP contribution >= 0.6 is 0 Å². The molecule has 2 aromatic rings. The Bertz CT molecular complexity index is 1110. The molecule has 5 nitrogen and oxygen atoms in total. The third-order valence-corrected chi connectivity index (χ3v) is 7.78. The highest BCUT2D eigenvalue weighted by Gasteiger charge is 2.27. The topological polar surface area (TPSA) is 81.2 Å². The third-order valence-electron chi connectivity index (χ3n) is 4.44. The SMILES string of the molecule is CC1=CS(=O)(=O)c2ncc(Cc3ccc4c(c3)CCS4(=O)=O)cc21. The van der Waals surface area contributed by atoms with Gasteiger partial charge in [0.05, 0.1) is 10.6 Å². The Morgan fingerprint density at radius 3 is 2.67 bits per heavy atom. The number of pyridine rings is 1. The van der Waals surface area contributed by atoms with Crippen LogP contribution in [0.4, 0.5) is 0 Å². The highest BCUT2D eigenvalue weighted by atomic mass is 32.2. The van der Waals surface area contributed by atoms with Crippen molar-refractivity contribution in [1.82, 2.24) is 4.98 Å². The lowest BCUT2D eigenvalue weighted by molar-refractivity contribution is 0.599. The Hall–Kier alpha value is -1.99. The first-order chi connectivity index (χ1) is 11.3. The van der Waals surface area contributed by atoms with Gasteiger partial charge in [-0.15, -0.1) is 0 Å². The van der Waals surface area contributed by atoms with Crippen LogP contribution in [0.1, 0.15) is 29.2 Å². The summed E-state index contributed by atoms with van der Waals surface area (Å²) in [4.78, 5) is 4.55. The van der Waals surface area contributed by atoms with Gasteiger partial charge in [-0.3, -0.25) is 0 Å². The maximum absolute atomic E-state index is 11.9. The van der Waals surface area contributed by atoms with Crippen molar-refractivity contribution in [2.24, 2.45) is 0 Å². The van der Waals surface area contributed by atoms with Crippen LogP contribution in [0, 0.1) is 0 Å². The van der Waals surface area contributed by atoms with Gasteiger partial charge in [-0.1, -0.05) is 12.1 Å². The summed E-state index contributed by atoms with van der Waals surface area (Å²) in [6, 6.07) is 7.26. The molecule has 0 spiro atoms. The average Bonchev–Trinajstić information content (AvgIpc) is 2.93. The van der Waals surface area contributed by atoms with Crippen LogP contribution in [0.3, 0.4) is 0 Å². The van der Waals surface area contributed by atoms with E-state index in [0.29, 0.717) is 28.9 Å². The van der Waals surface area contributed by atoms with E-state index >= 15 is 0 Å². The molecule has 0 saturated heterocycles. The first-order valence-electron chi connectivity index (χ1n) is 7.53. The van der Waals surface area contributed by atoms with Gasteiger partial charge in [0.1, 0.15) is 0 Å². The van der Waals surface area contributed by atoms with Gasteiger partial charge in [0.25, 0.3) is 0 Å². The summed E-state index contributed by atoms with van der Waals surface area (Å²) in [5, 5.41) is 1.36. The summed E-state index contributed by atoms with van der Waals surface area (Å²) >= 11 is 0. The molecule has 2 aliphatic rings. The van der Waals surface area contributed by atoms with Crippen LogP contribution in [-0.2, 0) is 32.5 Å². The maximum Gasteiger partial charge on any atom is 0.217 e. The molecule has 0 amide bonds. The van der Waals surface area contributed by atoms with Crippen molar-refractivity contribution in [3.05, 3.63) is 58.1 Å². The fraction of sp³-hybridized carbons (Fsp3) is 0.235. The van der Waals surface area contributed by atoms with E-state index in [1.54, 1.807) is 19.2 Å². The smallest absolute Gasteiger partial charge is 0.217 e. The summed E-state index contributed by atoms with van der Waals surface area (Å²) < 4.78 is 47.6. The molecule has 2 aliphatic heterocycles. The lowest BCUT2D eigenvalue weighted by atomic mass is 10.0. The van der Waals surface area contributed by atoms with E-state index in [2.05, 4.69) is 4.98 Å². The molecule has 0 atom stereocenters. The summed E-state index contributed by atoms with van der Waals surface area (Å²) in [7, 11) is -6.52. The second-order valence-electron chi connectivity index (χ2n) is 6.23. The number of allylic oxidation sites excluding steroid dienone is 1. The Kier molecular flexibility index (Phi) is 3.24. The molecular formula is C17H15NO4S2. The van der Waals surface area contributed by atoms with Crippen LogP contribution in [0.5, 0.6) is 0 Å². The van der Waals surface area contributed by atoms with Crippen molar-refractivity contribution in [1.29, 1.82) is 0 Å². The van der Waals surface area contributed by atoms with Gasteiger partial charge < -0.3 is 0 Å². The number of aryl methyl sites for hydroxylation is 1. The minimum Gasteiger partial charge on any atom is -0.244 e. The number of rotatable bonds is 2. The number of aromatic nitrogens is 1. The highest BCUT2D eigenvalue weighted by molar-refractivity contribution is 7.94. The van der Waals surface area contributed by atoms with Gasteiger partial charge in [0.2, 0.25) is 9.84 Å². The summed E-state index contributed by atoms with van der Waals surface area (Å²) in [6.07, 6.45) is 2.71. The van der Waals surface area contributed by atoms with Gasteiger partial charge in [-0.25, -0.2) is 21.8 Å². The monoisotopic (exact) mass is 361 g/mol. The number of benzene rings is 1. The third kappa shape index (κ3) is 2.39. The van der Waals surface area contributed by atoms with E-state index in [9.17, 15) is 16.8 Å². The quantitative estimate of drug-likeness (QED) is 0.819. The fourth-order valence-corrected chi connectivity index (χ4v) is 6.26. The minimum atomic E-state index is -3.41. The zero-order valence-electron chi connectivity index (χ0n) is 13.0. The summed E-state index contributed by atoms with van der Waals surface area (Å²) in [5.74, 6) is 0.175. The number of hydrogen-bond donors (Lipinski definition) is 0. The number of hydrogen-bond acceptors (Lipinski definition) is 5. The molecule has 0 saturated carbocycles.